The molecular formula is C13H14BrN. The van der Waals surface area contributed by atoms with E-state index < -0.39 is 0 Å². The molecule has 0 aliphatic rings. The summed E-state index contributed by atoms with van der Waals surface area (Å²) in [5, 5.41) is 2.47. The highest BCUT2D eigenvalue weighted by atomic mass is 79.9. The van der Waals surface area contributed by atoms with Crippen LogP contribution in [0.25, 0.3) is 10.8 Å². The van der Waals surface area contributed by atoms with Gasteiger partial charge in [0.05, 0.1) is 0 Å². The number of hydrogen-bond acceptors (Lipinski definition) is 1. The number of benzene rings is 1. The zero-order valence-corrected chi connectivity index (χ0v) is 10.8. The van der Waals surface area contributed by atoms with Crippen LogP contribution in [0.3, 0.4) is 0 Å². The third kappa shape index (κ3) is 1.91. The van der Waals surface area contributed by atoms with E-state index in [1.807, 2.05) is 18.5 Å². The Bertz CT molecular complexity index is 492. The van der Waals surface area contributed by atoms with E-state index in [9.17, 15) is 0 Å². The van der Waals surface area contributed by atoms with Crippen molar-refractivity contribution in [3.8, 4) is 0 Å². The van der Waals surface area contributed by atoms with Crippen molar-refractivity contribution < 1.29 is 0 Å². The summed E-state index contributed by atoms with van der Waals surface area (Å²) in [6.45, 7) is 6.63. The molecule has 0 bridgehead atoms. The lowest BCUT2D eigenvalue weighted by Crippen LogP contribution is -2.12. The fraction of sp³-hybridized carbons (Fsp3) is 0.308. The van der Waals surface area contributed by atoms with Crippen molar-refractivity contribution in [3.63, 3.8) is 0 Å². The number of pyridine rings is 1. The third-order valence-corrected chi connectivity index (χ3v) is 3.20. The summed E-state index contributed by atoms with van der Waals surface area (Å²) in [4.78, 5) is 4.30. The summed E-state index contributed by atoms with van der Waals surface area (Å²) in [5.41, 5.74) is 1.41. The summed E-state index contributed by atoms with van der Waals surface area (Å²) < 4.78 is 1.15. The van der Waals surface area contributed by atoms with Crippen molar-refractivity contribution in [2.45, 2.75) is 26.2 Å². The molecule has 0 aliphatic heterocycles. The first kappa shape index (κ1) is 10.6. The van der Waals surface area contributed by atoms with Gasteiger partial charge >= 0.3 is 0 Å². The minimum atomic E-state index is 0.121. The summed E-state index contributed by atoms with van der Waals surface area (Å²) in [7, 11) is 0. The minimum absolute atomic E-state index is 0.121. The summed E-state index contributed by atoms with van der Waals surface area (Å²) in [5.74, 6) is 0. The van der Waals surface area contributed by atoms with Gasteiger partial charge in [0.2, 0.25) is 0 Å². The molecule has 15 heavy (non-hydrogen) atoms. The minimum Gasteiger partial charge on any atom is -0.264 e. The number of fused-ring (bicyclic) bond motifs is 1. The first-order chi connectivity index (χ1) is 7.00. The average molecular weight is 264 g/mol. The van der Waals surface area contributed by atoms with Gasteiger partial charge < -0.3 is 0 Å². The molecule has 0 unspecified atom stereocenters. The van der Waals surface area contributed by atoms with Crippen LogP contribution in [0.4, 0.5) is 0 Å². The molecule has 1 nitrogen and oxygen atoms in total. The van der Waals surface area contributed by atoms with Crippen LogP contribution < -0.4 is 0 Å². The van der Waals surface area contributed by atoms with Gasteiger partial charge in [0.15, 0.2) is 0 Å². The molecular weight excluding hydrogens is 250 g/mol. The smallest absolute Gasteiger partial charge is 0.0346 e. The van der Waals surface area contributed by atoms with Crippen molar-refractivity contribution in [2.24, 2.45) is 0 Å². The van der Waals surface area contributed by atoms with Gasteiger partial charge in [0.25, 0.3) is 0 Å². The predicted octanol–water partition coefficient (Wildman–Crippen LogP) is 4.29. The number of hydrogen-bond donors (Lipinski definition) is 0. The zero-order valence-electron chi connectivity index (χ0n) is 9.21. The Labute approximate surface area is 98.7 Å². The largest absolute Gasteiger partial charge is 0.264 e. The van der Waals surface area contributed by atoms with Gasteiger partial charge in [0, 0.05) is 27.6 Å². The Morgan fingerprint density at radius 1 is 1.13 bits per heavy atom. The van der Waals surface area contributed by atoms with E-state index in [4.69, 9.17) is 0 Å². The molecule has 78 valence electrons. The molecule has 0 fully saturated rings. The van der Waals surface area contributed by atoms with E-state index in [0.717, 1.165) is 4.47 Å². The van der Waals surface area contributed by atoms with Crippen LogP contribution >= 0.6 is 15.9 Å². The van der Waals surface area contributed by atoms with E-state index in [1.165, 1.54) is 16.3 Å². The van der Waals surface area contributed by atoms with Gasteiger partial charge in [-0.05, 0) is 17.0 Å². The Morgan fingerprint density at radius 3 is 2.53 bits per heavy atom. The molecule has 1 aromatic carbocycles. The second kappa shape index (κ2) is 3.60. The molecule has 0 atom stereocenters. The normalized spacial score (nSPS) is 12.0. The molecule has 1 heterocycles. The van der Waals surface area contributed by atoms with Crippen LogP contribution in [-0.2, 0) is 5.41 Å². The van der Waals surface area contributed by atoms with Crippen LogP contribution in [0.1, 0.15) is 26.3 Å². The molecule has 1 aromatic heterocycles. The SMILES string of the molecule is CC(C)(C)c1cncc2cccc(Br)c12. The molecule has 0 saturated heterocycles. The second-order valence-corrected chi connectivity index (χ2v) is 5.63. The Balaban J connectivity index is 2.86. The molecule has 2 heteroatoms. The number of nitrogens with zero attached hydrogens (tertiary/aromatic N) is 1. The van der Waals surface area contributed by atoms with Gasteiger partial charge in [-0.15, -0.1) is 0 Å². The monoisotopic (exact) mass is 263 g/mol. The topological polar surface area (TPSA) is 12.9 Å². The van der Waals surface area contributed by atoms with E-state index >= 15 is 0 Å². The fourth-order valence-electron chi connectivity index (χ4n) is 1.76. The van der Waals surface area contributed by atoms with Crippen LogP contribution in [0.15, 0.2) is 35.1 Å². The Kier molecular flexibility index (Phi) is 2.55. The van der Waals surface area contributed by atoms with Crippen molar-refractivity contribution in [1.29, 1.82) is 0 Å². The number of halogens is 1. The van der Waals surface area contributed by atoms with Gasteiger partial charge in [-0.1, -0.05) is 48.8 Å². The maximum atomic E-state index is 4.30. The lowest BCUT2D eigenvalue weighted by molar-refractivity contribution is 0.593. The van der Waals surface area contributed by atoms with Crippen LogP contribution in [0.2, 0.25) is 0 Å². The zero-order chi connectivity index (χ0) is 11.1. The van der Waals surface area contributed by atoms with Gasteiger partial charge in [-0.25, -0.2) is 0 Å². The molecule has 0 spiro atoms. The fourth-order valence-corrected chi connectivity index (χ4v) is 2.35. The second-order valence-electron chi connectivity index (χ2n) is 4.78. The Hall–Kier alpha value is -0.890. The first-order valence-electron chi connectivity index (χ1n) is 5.03. The molecule has 0 N–H and O–H groups in total. The number of aromatic nitrogens is 1. The summed E-state index contributed by atoms with van der Waals surface area (Å²) in [6, 6.07) is 6.22. The van der Waals surface area contributed by atoms with Gasteiger partial charge in [-0.2, -0.15) is 0 Å². The van der Waals surface area contributed by atoms with Gasteiger partial charge in [0.1, 0.15) is 0 Å². The van der Waals surface area contributed by atoms with Crippen molar-refractivity contribution in [1.82, 2.24) is 4.98 Å². The lowest BCUT2D eigenvalue weighted by atomic mass is 9.85. The maximum Gasteiger partial charge on any atom is 0.0346 e. The highest BCUT2D eigenvalue weighted by Gasteiger charge is 2.18. The molecule has 2 aromatic rings. The standard InChI is InChI=1S/C13H14BrN/c1-13(2,3)10-8-15-7-9-5-4-6-11(14)12(9)10/h4-8H,1-3H3. The molecule has 2 rings (SSSR count). The third-order valence-electron chi connectivity index (χ3n) is 2.54. The van der Waals surface area contributed by atoms with E-state index in [1.54, 1.807) is 0 Å². The highest BCUT2D eigenvalue weighted by molar-refractivity contribution is 9.10. The van der Waals surface area contributed by atoms with Crippen molar-refractivity contribution in [3.05, 3.63) is 40.6 Å². The van der Waals surface area contributed by atoms with Gasteiger partial charge in [-0.3, -0.25) is 4.98 Å². The van der Waals surface area contributed by atoms with E-state index in [2.05, 4.69) is 53.8 Å². The van der Waals surface area contributed by atoms with E-state index in [0.29, 0.717) is 0 Å². The molecule has 0 amide bonds. The van der Waals surface area contributed by atoms with Crippen molar-refractivity contribution in [2.75, 3.05) is 0 Å². The molecule has 0 aliphatic carbocycles. The maximum absolute atomic E-state index is 4.30. The first-order valence-corrected chi connectivity index (χ1v) is 5.82. The Morgan fingerprint density at radius 2 is 1.87 bits per heavy atom. The van der Waals surface area contributed by atoms with Crippen molar-refractivity contribution >= 4 is 26.7 Å². The lowest BCUT2D eigenvalue weighted by Gasteiger charge is -2.21. The quantitative estimate of drug-likeness (QED) is 0.691. The predicted molar refractivity (Wildman–Crippen MR) is 68.1 cm³/mol. The van der Waals surface area contributed by atoms with Crippen LogP contribution in [0.5, 0.6) is 0 Å². The van der Waals surface area contributed by atoms with Crippen LogP contribution in [0, 0.1) is 0 Å². The molecule has 0 radical (unpaired) electrons. The van der Waals surface area contributed by atoms with Crippen LogP contribution in [-0.4, -0.2) is 4.98 Å². The molecule has 0 saturated carbocycles. The number of rotatable bonds is 0. The summed E-state index contributed by atoms with van der Waals surface area (Å²) in [6.07, 6.45) is 3.88. The van der Waals surface area contributed by atoms with E-state index in [-0.39, 0.29) is 5.41 Å². The average Bonchev–Trinajstić information content (AvgIpc) is 2.16. The summed E-state index contributed by atoms with van der Waals surface area (Å²) >= 11 is 3.61. The highest BCUT2D eigenvalue weighted by Crippen LogP contribution is 2.33.